The van der Waals surface area contributed by atoms with Crippen LogP contribution in [-0.2, 0) is 13.8 Å². The van der Waals surface area contributed by atoms with Gasteiger partial charge in [0, 0.05) is 6.20 Å². The first-order valence-electron chi connectivity index (χ1n) is 9.37. The lowest BCUT2D eigenvalue weighted by Gasteiger charge is -2.29. The Morgan fingerprint density at radius 2 is 1.64 bits per heavy atom. The third-order valence-corrected chi connectivity index (χ3v) is 6.41. The summed E-state index contributed by atoms with van der Waals surface area (Å²) >= 11 is 0. The first kappa shape index (κ1) is 18.8. The number of amides is 1. The topological polar surface area (TPSA) is 47.6 Å². The monoisotopic (exact) mass is 391 g/mol. The van der Waals surface area contributed by atoms with Gasteiger partial charge in [-0.1, -0.05) is 72.8 Å². The van der Waals surface area contributed by atoms with Crippen molar-refractivity contribution < 1.29 is 13.8 Å². The first-order chi connectivity index (χ1) is 13.8. The summed E-state index contributed by atoms with van der Waals surface area (Å²) < 4.78 is 11.8. The molecule has 3 aromatic carbocycles. The third-order valence-electron chi connectivity index (χ3n) is 4.60. The van der Waals surface area contributed by atoms with Crippen LogP contribution < -0.4 is 5.32 Å². The van der Waals surface area contributed by atoms with Crippen molar-refractivity contribution in [1.82, 2.24) is 5.32 Å². The SMILES string of the molecule is O=C(NC=Cc1ccccc1)C(c1cccc2ccccc12)P1OCCCO1. The second kappa shape index (κ2) is 9.11. The Morgan fingerprint density at radius 1 is 0.929 bits per heavy atom. The molecule has 1 saturated heterocycles. The molecule has 0 bridgehead atoms. The zero-order valence-corrected chi connectivity index (χ0v) is 16.3. The Morgan fingerprint density at radius 3 is 2.46 bits per heavy atom. The Kier molecular flexibility index (Phi) is 6.13. The number of carbonyl (C=O) groups excluding carboxylic acids is 1. The lowest BCUT2D eigenvalue weighted by atomic mass is 10.0. The third kappa shape index (κ3) is 4.31. The standard InChI is InChI=1S/C23H22NO3P/c25-23(24-15-14-18-8-2-1-3-9-18)22(28-26-16-7-17-27-28)21-13-6-11-19-10-4-5-12-20(19)21/h1-6,8-15,22H,7,16-17H2,(H,24,25). The molecule has 1 N–H and O–H groups in total. The summed E-state index contributed by atoms with van der Waals surface area (Å²) in [5.41, 5.74) is 1.49. The molecule has 0 aromatic heterocycles. The quantitative estimate of drug-likeness (QED) is 0.591. The van der Waals surface area contributed by atoms with Gasteiger partial charge in [0.1, 0.15) is 5.66 Å². The molecule has 1 aliphatic rings. The van der Waals surface area contributed by atoms with Crippen molar-refractivity contribution in [1.29, 1.82) is 0 Å². The molecule has 0 saturated carbocycles. The van der Waals surface area contributed by atoms with E-state index < -0.39 is 14.0 Å². The largest absolute Gasteiger partial charge is 0.333 e. The van der Waals surface area contributed by atoms with E-state index >= 15 is 0 Å². The summed E-state index contributed by atoms with van der Waals surface area (Å²) in [5, 5.41) is 5.08. The highest BCUT2D eigenvalue weighted by atomic mass is 31.2. The number of nitrogens with one attached hydrogen (secondary N) is 1. The maximum absolute atomic E-state index is 13.2. The summed E-state index contributed by atoms with van der Waals surface area (Å²) in [6.07, 6.45) is 4.43. The van der Waals surface area contributed by atoms with Gasteiger partial charge < -0.3 is 14.4 Å². The van der Waals surface area contributed by atoms with Crippen LogP contribution in [0.5, 0.6) is 0 Å². The van der Waals surface area contributed by atoms with Gasteiger partial charge in [-0.05, 0) is 34.4 Å². The zero-order chi connectivity index (χ0) is 19.2. The molecule has 3 aromatic rings. The molecule has 142 valence electrons. The minimum Gasteiger partial charge on any atom is -0.333 e. The molecule has 28 heavy (non-hydrogen) atoms. The van der Waals surface area contributed by atoms with Gasteiger partial charge in [0.25, 0.3) is 0 Å². The van der Waals surface area contributed by atoms with Gasteiger partial charge >= 0.3 is 0 Å². The molecule has 1 unspecified atom stereocenters. The van der Waals surface area contributed by atoms with Crippen molar-refractivity contribution in [2.45, 2.75) is 12.1 Å². The molecule has 1 atom stereocenters. The van der Waals surface area contributed by atoms with Gasteiger partial charge in [-0.25, -0.2) is 0 Å². The normalized spacial score (nSPS) is 16.3. The predicted octanol–water partition coefficient (Wildman–Crippen LogP) is 5.42. The molecule has 1 amide bonds. The number of hydrogen-bond acceptors (Lipinski definition) is 3. The Bertz CT molecular complexity index is 963. The zero-order valence-electron chi connectivity index (χ0n) is 15.5. The van der Waals surface area contributed by atoms with Crippen molar-refractivity contribution in [3.05, 3.63) is 90.1 Å². The number of rotatable bonds is 5. The van der Waals surface area contributed by atoms with Gasteiger partial charge in [0.15, 0.2) is 8.38 Å². The van der Waals surface area contributed by atoms with Crippen LogP contribution in [0.25, 0.3) is 16.8 Å². The summed E-state index contributed by atoms with van der Waals surface area (Å²) in [6, 6.07) is 24.0. The smallest absolute Gasteiger partial charge is 0.240 e. The Balaban J connectivity index is 1.63. The van der Waals surface area contributed by atoms with E-state index in [0.717, 1.165) is 28.3 Å². The molecule has 1 heterocycles. The fourth-order valence-electron chi connectivity index (χ4n) is 3.26. The lowest BCUT2D eigenvalue weighted by molar-refractivity contribution is -0.120. The van der Waals surface area contributed by atoms with E-state index in [2.05, 4.69) is 17.4 Å². The van der Waals surface area contributed by atoms with Crippen molar-refractivity contribution in [2.24, 2.45) is 0 Å². The van der Waals surface area contributed by atoms with Crippen LogP contribution in [0.1, 0.15) is 23.2 Å². The molecule has 1 fully saturated rings. The number of hydrogen-bond donors (Lipinski definition) is 1. The van der Waals surface area contributed by atoms with E-state index in [1.807, 2.05) is 66.7 Å². The van der Waals surface area contributed by atoms with Gasteiger partial charge in [0.2, 0.25) is 5.91 Å². The Labute approximate surface area is 166 Å². The van der Waals surface area contributed by atoms with Gasteiger partial charge in [-0.15, -0.1) is 0 Å². The average Bonchev–Trinajstić information content (AvgIpc) is 2.76. The molecule has 0 aliphatic carbocycles. The molecule has 0 radical (unpaired) electrons. The fraction of sp³-hybridized carbons (Fsp3) is 0.174. The second-order valence-electron chi connectivity index (χ2n) is 6.53. The predicted molar refractivity (Wildman–Crippen MR) is 114 cm³/mol. The molecular formula is C23H22NO3P. The molecule has 5 heteroatoms. The van der Waals surface area contributed by atoms with E-state index in [1.165, 1.54) is 0 Å². The minimum absolute atomic E-state index is 0.114. The fourth-order valence-corrected chi connectivity index (χ4v) is 4.97. The highest BCUT2D eigenvalue weighted by molar-refractivity contribution is 7.49. The lowest BCUT2D eigenvalue weighted by Crippen LogP contribution is -2.26. The number of fused-ring (bicyclic) bond motifs is 1. The van der Waals surface area contributed by atoms with Gasteiger partial charge in [0.05, 0.1) is 13.2 Å². The van der Waals surface area contributed by atoms with Crippen LogP contribution in [-0.4, -0.2) is 19.1 Å². The highest BCUT2D eigenvalue weighted by Crippen LogP contribution is 2.55. The van der Waals surface area contributed by atoms with Gasteiger partial charge in [-0.3, -0.25) is 4.79 Å². The van der Waals surface area contributed by atoms with E-state index in [9.17, 15) is 4.79 Å². The van der Waals surface area contributed by atoms with Crippen LogP contribution in [0.2, 0.25) is 0 Å². The highest BCUT2D eigenvalue weighted by Gasteiger charge is 2.35. The van der Waals surface area contributed by atoms with Crippen LogP contribution in [0.15, 0.2) is 79.0 Å². The van der Waals surface area contributed by atoms with Crippen molar-refractivity contribution >= 4 is 31.1 Å². The van der Waals surface area contributed by atoms with Crippen molar-refractivity contribution in [3.63, 3.8) is 0 Å². The molecular weight excluding hydrogens is 369 g/mol. The first-order valence-corrected chi connectivity index (χ1v) is 10.6. The molecule has 1 aliphatic heterocycles. The van der Waals surface area contributed by atoms with E-state index in [4.69, 9.17) is 9.05 Å². The molecule has 4 nitrogen and oxygen atoms in total. The average molecular weight is 391 g/mol. The Hall–Kier alpha value is -2.52. The van der Waals surface area contributed by atoms with Gasteiger partial charge in [-0.2, -0.15) is 0 Å². The van der Waals surface area contributed by atoms with E-state index in [0.29, 0.717) is 13.2 Å². The minimum atomic E-state index is -1.34. The van der Waals surface area contributed by atoms with Crippen LogP contribution in [0, 0.1) is 0 Å². The number of benzene rings is 3. The van der Waals surface area contributed by atoms with Crippen molar-refractivity contribution in [2.75, 3.05) is 13.2 Å². The van der Waals surface area contributed by atoms with Crippen LogP contribution in [0.4, 0.5) is 0 Å². The summed E-state index contributed by atoms with van der Waals surface area (Å²) in [7, 11) is -1.34. The van der Waals surface area contributed by atoms with Crippen LogP contribution in [0.3, 0.4) is 0 Å². The van der Waals surface area contributed by atoms with E-state index in [1.54, 1.807) is 6.20 Å². The van der Waals surface area contributed by atoms with Crippen molar-refractivity contribution in [3.8, 4) is 0 Å². The maximum atomic E-state index is 13.2. The summed E-state index contributed by atoms with van der Waals surface area (Å²) in [4.78, 5) is 13.2. The number of carbonyl (C=O) groups is 1. The van der Waals surface area contributed by atoms with E-state index in [-0.39, 0.29) is 5.91 Å². The van der Waals surface area contributed by atoms with Crippen LogP contribution >= 0.6 is 8.38 Å². The molecule has 4 rings (SSSR count). The summed E-state index contributed by atoms with van der Waals surface area (Å²) in [5.74, 6) is -0.114. The molecule has 0 spiro atoms. The second-order valence-corrected chi connectivity index (χ2v) is 8.13. The maximum Gasteiger partial charge on any atom is 0.240 e. The summed E-state index contributed by atoms with van der Waals surface area (Å²) in [6.45, 7) is 1.25.